The Morgan fingerprint density at radius 3 is 2.32 bits per heavy atom. The first-order valence-electron chi connectivity index (χ1n) is 9.61. The fourth-order valence-corrected chi connectivity index (χ4v) is 2.19. The largest absolute Gasteiger partial charge is 0.487 e. The molecule has 7 nitrogen and oxygen atoms in total. The summed E-state index contributed by atoms with van der Waals surface area (Å²) in [6.07, 6.45) is -0.881. The quantitative estimate of drug-likeness (QED) is 0.480. The number of nitrogens with one attached hydrogen (secondary N) is 1. The van der Waals surface area contributed by atoms with Gasteiger partial charge in [0.15, 0.2) is 6.10 Å². The van der Waals surface area contributed by atoms with E-state index in [0.29, 0.717) is 12.4 Å². The molecular formula is C21H33NO6. The number of carbonyl (C=O) groups excluding carboxylic acids is 2. The van der Waals surface area contributed by atoms with Crippen molar-refractivity contribution in [3.05, 3.63) is 30.3 Å². The molecule has 1 amide bonds. The Morgan fingerprint density at radius 2 is 1.75 bits per heavy atom. The lowest BCUT2D eigenvalue weighted by molar-refractivity contribution is -0.160. The van der Waals surface area contributed by atoms with E-state index in [1.54, 1.807) is 27.7 Å². The molecule has 0 aromatic heterocycles. The maximum atomic E-state index is 12.4. The number of hydrogen-bond donors (Lipinski definition) is 1. The second-order valence-electron chi connectivity index (χ2n) is 7.55. The summed E-state index contributed by atoms with van der Waals surface area (Å²) in [6.45, 7) is 11.4. The zero-order valence-electron chi connectivity index (χ0n) is 17.7. The number of benzene rings is 1. The SMILES string of the molecule is CCCOC[C@@H](OC(=O)[C@H](C)NC(=O)OC(C)(C)C)[C@H](C)Oc1ccccc1. The van der Waals surface area contributed by atoms with Gasteiger partial charge in [0.2, 0.25) is 0 Å². The van der Waals surface area contributed by atoms with Crippen LogP contribution in [0.15, 0.2) is 30.3 Å². The van der Waals surface area contributed by atoms with E-state index < -0.39 is 35.9 Å². The van der Waals surface area contributed by atoms with Crippen LogP contribution < -0.4 is 10.1 Å². The third-order valence-corrected chi connectivity index (χ3v) is 3.57. The molecule has 0 radical (unpaired) electrons. The molecule has 7 heteroatoms. The summed E-state index contributed by atoms with van der Waals surface area (Å²) in [4.78, 5) is 24.3. The first kappa shape index (κ1) is 23.8. The molecule has 1 rings (SSSR count). The predicted molar refractivity (Wildman–Crippen MR) is 106 cm³/mol. The topological polar surface area (TPSA) is 83.1 Å². The molecule has 0 fully saturated rings. The minimum absolute atomic E-state index is 0.201. The van der Waals surface area contributed by atoms with Crippen LogP contribution in [0.2, 0.25) is 0 Å². The highest BCUT2D eigenvalue weighted by atomic mass is 16.6. The smallest absolute Gasteiger partial charge is 0.408 e. The van der Waals surface area contributed by atoms with Gasteiger partial charge in [-0.15, -0.1) is 0 Å². The number of rotatable bonds is 10. The van der Waals surface area contributed by atoms with E-state index in [4.69, 9.17) is 18.9 Å². The predicted octanol–water partition coefficient (Wildman–Crippen LogP) is 3.71. The van der Waals surface area contributed by atoms with Crippen LogP contribution >= 0.6 is 0 Å². The van der Waals surface area contributed by atoms with Crippen molar-refractivity contribution < 1.29 is 28.5 Å². The number of esters is 1. The minimum Gasteiger partial charge on any atom is -0.487 e. The van der Waals surface area contributed by atoms with Crippen molar-refractivity contribution in [2.45, 2.75) is 71.8 Å². The van der Waals surface area contributed by atoms with Crippen LogP contribution in [0.1, 0.15) is 48.0 Å². The average Bonchev–Trinajstić information content (AvgIpc) is 2.59. The van der Waals surface area contributed by atoms with Crippen LogP contribution in [-0.4, -0.2) is 49.1 Å². The summed E-state index contributed by atoms with van der Waals surface area (Å²) in [5.41, 5.74) is -0.651. The molecule has 0 spiro atoms. The maximum Gasteiger partial charge on any atom is 0.408 e. The summed E-state index contributed by atoms with van der Waals surface area (Å²) < 4.78 is 22.2. The van der Waals surface area contributed by atoms with Gasteiger partial charge < -0.3 is 24.3 Å². The molecule has 0 aliphatic heterocycles. The lowest BCUT2D eigenvalue weighted by Gasteiger charge is -2.27. The van der Waals surface area contributed by atoms with Crippen molar-refractivity contribution in [3.8, 4) is 5.75 Å². The van der Waals surface area contributed by atoms with E-state index in [1.807, 2.05) is 44.2 Å². The number of para-hydroxylation sites is 1. The number of carbonyl (C=O) groups is 2. The first-order chi connectivity index (χ1) is 13.1. The Morgan fingerprint density at radius 1 is 1.11 bits per heavy atom. The van der Waals surface area contributed by atoms with Gasteiger partial charge in [0.25, 0.3) is 0 Å². The molecule has 1 aromatic carbocycles. The second kappa shape index (κ2) is 11.5. The highest BCUT2D eigenvalue weighted by Gasteiger charge is 2.28. The molecule has 1 aromatic rings. The van der Waals surface area contributed by atoms with Crippen molar-refractivity contribution in [1.82, 2.24) is 5.32 Å². The fraction of sp³-hybridized carbons (Fsp3) is 0.619. The molecule has 0 aliphatic rings. The molecule has 1 N–H and O–H groups in total. The van der Waals surface area contributed by atoms with Gasteiger partial charge in [-0.25, -0.2) is 9.59 Å². The molecule has 0 bridgehead atoms. The Kier molecular flexibility index (Phi) is 9.79. The van der Waals surface area contributed by atoms with Gasteiger partial charge in [-0.1, -0.05) is 25.1 Å². The van der Waals surface area contributed by atoms with Gasteiger partial charge in [0.1, 0.15) is 23.5 Å². The number of hydrogen-bond acceptors (Lipinski definition) is 6. The third kappa shape index (κ3) is 9.60. The molecule has 158 valence electrons. The summed E-state index contributed by atoms with van der Waals surface area (Å²) >= 11 is 0. The van der Waals surface area contributed by atoms with Crippen LogP contribution in [-0.2, 0) is 19.0 Å². The molecule has 0 aliphatic carbocycles. The van der Waals surface area contributed by atoms with E-state index in [-0.39, 0.29) is 6.61 Å². The zero-order valence-corrected chi connectivity index (χ0v) is 17.7. The maximum absolute atomic E-state index is 12.4. The van der Waals surface area contributed by atoms with Crippen molar-refractivity contribution in [2.24, 2.45) is 0 Å². The van der Waals surface area contributed by atoms with Crippen molar-refractivity contribution in [1.29, 1.82) is 0 Å². The molecule has 0 saturated heterocycles. The average molecular weight is 395 g/mol. The number of ether oxygens (including phenoxy) is 4. The van der Waals surface area contributed by atoms with Crippen molar-refractivity contribution in [3.63, 3.8) is 0 Å². The molecule has 0 unspecified atom stereocenters. The van der Waals surface area contributed by atoms with Crippen LogP contribution in [0.3, 0.4) is 0 Å². The van der Waals surface area contributed by atoms with E-state index in [9.17, 15) is 9.59 Å². The van der Waals surface area contributed by atoms with Gasteiger partial charge in [0, 0.05) is 6.61 Å². The monoisotopic (exact) mass is 395 g/mol. The molecule has 3 atom stereocenters. The van der Waals surface area contributed by atoms with E-state index >= 15 is 0 Å². The third-order valence-electron chi connectivity index (χ3n) is 3.57. The van der Waals surface area contributed by atoms with Crippen LogP contribution in [0.25, 0.3) is 0 Å². The Bertz CT molecular complexity index is 599. The Balaban J connectivity index is 2.67. The Labute approximate surface area is 167 Å². The number of alkyl carbamates (subject to hydrolysis) is 1. The molecule has 28 heavy (non-hydrogen) atoms. The summed E-state index contributed by atoms with van der Waals surface area (Å²) in [5.74, 6) is 0.0888. The van der Waals surface area contributed by atoms with Gasteiger partial charge in [-0.05, 0) is 53.2 Å². The van der Waals surface area contributed by atoms with Crippen molar-refractivity contribution in [2.75, 3.05) is 13.2 Å². The normalized spacial score (nSPS) is 14.5. The molecule has 0 saturated carbocycles. The highest BCUT2D eigenvalue weighted by molar-refractivity contribution is 5.81. The minimum atomic E-state index is -0.868. The number of amides is 1. The van der Waals surface area contributed by atoms with Crippen molar-refractivity contribution >= 4 is 12.1 Å². The summed E-state index contributed by atoms with van der Waals surface area (Å²) in [7, 11) is 0. The van der Waals surface area contributed by atoms with Crippen LogP contribution in [0, 0.1) is 0 Å². The Hall–Kier alpha value is -2.28. The second-order valence-corrected chi connectivity index (χ2v) is 7.55. The summed E-state index contributed by atoms with van der Waals surface area (Å²) in [6, 6.07) is 8.41. The van der Waals surface area contributed by atoms with Crippen LogP contribution in [0.4, 0.5) is 4.79 Å². The lowest BCUT2D eigenvalue weighted by Crippen LogP contribution is -2.46. The zero-order chi connectivity index (χ0) is 21.2. The standard InChI is InChI=1S/C21H33NO6/c1-7-13-25-14-18(16(3)26-17-11-9-8-10-12-17)27-19(23)15(2)22-20(24)28-21(4,5)6/h8-12,15-16,18H,7,13-14H2,1-6H3,(H,22,24)/t15-,16-,18+/m0/s1. The van der Waals surface area contributed by atoms with Crippen LogP contribution in [0.5, 0.6) is 5.75 Å². The van der Waals surface area contributed by atoms with Gasteiger partial charge in [-0.3, -0.25) is 0 Å². The molecular weight excluding hydrogens is 362 g/mol. The first-order valence-corrected chi connectivity index (χ1v) is 9.61. The van der Waals surface area contributed by atoms with Gasteiger partial charge in [0.05, 0.1) is 6.61 Å². The lowest BCUT2D eigenvalue weighted by atomic mass is 10.2. The summed E-state index contributed by atoms with van der Waals surface area (Å²) in [5, 5.41) is 2.48. The van der Waals surface area contributed by atoms with E-state index in [0.717, 1.165) is 6.42 Å². The van der Waals surface area contributed by atoms with E-state index in [2.05, 4.69) is 5.32 Å². The fourth-order valence-electron chi connectivity index (χ4n) is 2.19. The molecule has 0 heterocycles. The van der Waals surface area contributed by atoms with E-state index in [1.165, 1.54) is 0 Å². The highest BCUT2D eigenvalue weighted by Crippen LogP contribution is 2.15. The van der Waals surface area contributed by atoms with Gasteiger partial charge in [-0.2, -0.15) is 0 Å². The van der Waals surface area contributed by atoms with Gasteiger partial charge >= 0.3 is 12.1 Å².